The second-order valence-electron chi connectivity index (χ2n) is 6.12. The molecule has 1 atom stereocenters. The maximum Gasteiger partial charge on any atom is 0.124 e. The van der Waals surface area contributed by atoms with E-state index < -0.39 is 0 Å². The minimum absolute atomic E-state index is 0.174. The number of halogens is 2. The van der Waals surface area contributed by atoms with E-state index in [4.69, 9.17) is 0 Å². The molecule has 1 aromatic rings. The number of benzene rings is 1. The molecule has 1 saturated carbocycles. The minimum Gasteiger partial charge on any atom is -0.314 e. The number of likely N-dealkylation sites (N-methyl/N-ethyl adjacent to an activating group) is 1. The van der Waals surface area contributed by atoms with Crippen LogP contribution in [0, 0.1) is 17.7 Å². The molecule has 1 aliphatic carbocycles. The summed E-state index contributed by atoms with van der Waals surface area (Å²) in [5, 5.41) is 3.64. The summed E-state index contributed by atoms with van der Waals surface area (Å²) < 4.78 is 14.1. The zero-order chi connectivity index (χ0) is 14.5. The molecular formula is C17H25BrFN. The van der Waals surface area contributed by atoms with Crippen LogP contribution in [0.25, 0.3) is 0 Å². The van der Waals surface area contributed by atoms with E-state index in [0.29, 0.717) is 6.04 Å². The maximum absolute atomic E-state index is 13.2. The molecule has 1 N–H and O–H groups in total. The smallest absolute Gasteiger partial charge is 0.124 e. The summed E-state index contributed by atoms with van der Waals surface area (Å²) in [6.45, 7) is 5.52. The molecule has 112 valence electrons. The highest BCUT2D eigenvalue weighted by Crippen LogP contribution is 2.32. The van der Waals surface area contributed by atoms with Crippen LogP contribution < -0.4 is 5.32 Å². The van der Waals surface area contributed by atoms with Gasteiger partial charge in [0.25, 0.3) is 0 Å². The van der Waals surface area contributed by atoms with Crippen LogP contribution in [-0.4, -0.2) is 12.6 Å². The Kier molecular flexibility index (Phi) is 6.03. The summed E-state index contributed by atoms with van der Waals surface area (Å²) in [5.41, 5.74) is 1.20. The predicted octanol–water partition coefficient (Wildman–Crippen LogP) is 4.94. The van der Waals surface area contributed by atoms with Gasteiger partial charge < -0.3 is 5.32 Å². The van der Waals surface area contributed by atoms with Crippen molar-refractivity contribution in [2.45, 2.75) is 52.0 Å². The molecule has 1 aliphatic rings. The number of rotatable bonds is 5. The van der Waals surface area contributed by atoms with Gasteiger partial charge in [-0.1, -0.05) is 48.7 Å². The molecular weight excluding hydrogens is 317 g/mol. The molecule has 0 bridgehead atoms. The van der Waals surface area contributed by atoms with Crippen molar-refractivity contribution >= 4 is 15.9 Å². The monoisotopic (exact) mass is 341 g/mol. The molecule has 3 heteroatoms. The van der Waals surface area contributed by atoms with Crippen molar-refractivity contribution in [1.82, 2.24) is 5.32 Å². The summed E-state index contributed by atoms with van der Waals surface area (Å²) in [4.78, 5) is 0. The van der Waals surface area contributed by atoms with Gasteiger partial charge in [-0.25, -0.2) is 4.39 Å². The summed E-state index contributed by atoms with van der Waals surface area (Å²) >= 11 is 3.49. The SMILES string of the molecule is CCNC(Cc1ccc(F)cc1Br)C1CCC(C)CC1. The van der Waals surface area contributed by atoms with Crippen molar-refractivity contribution in [3.63, 3.8) is 0 Å². The van der Waals surface area contributed by atoms with Crippen molar-refractivity contribution in [2.24, 2.45) is 11.8 Å². The number of hydrogen-bond donors (Lipinski definition) is 1. The average molecular weight is 342 g/mol. The molecule has 1 aromatic carbocycles. The van der Waals surface area contributed by atoms with Gasteiger partial charge in [-0.3, -0.25) is 0 Å². The van der Waals surface area contributed by atoms with Gasteiger partial charge in [0, 0.05) is 10.5 Å². The molecule has 0 amide bonds. The molecule has 1 fully saturated rings. The Hall–Kier alpha value is -0.410. The third-order valence-corrected chi connectivity index (χ3v) is 5.29. The maximum atomic E-state index is 13.2. The molecule has 1 unspecified atom stereocenters. The van der Waals surface area contributed by atoms with Gasteiger partial charge in [0.1, 0.15) is 5.82 Å². The van der Waals surface area contributed by atoms with Crippen molar-refractivity contribution in [3.05, 3.63) is 34.1 Å². The van der Waals surface area contributed by atoms with E-state index >= 15 is 0 Å². The Morgan fingerprint density at radius 1 is 1.30 bits per heavy atom. The van der Waals surface area contributed by atoms with Gasteiger partial charge >= 0.3 is 0 Å². The van der Waals surface area contributed by atoms with E-state index in [9.17, 15) is 4.39 Å². The molecule has 0 heterocycles. The second kappa shape index (κ2) is 7.56. The first-order valence-electron chi connectivity index (χ1n) is 7.77. The fraction of sp³-hybridized carbons (Fsp3) is 0.647. The molecule has 0 aliphatic heterocycles. The van der Waals surface area contributed by atoms with Crippen molar-refractivity contribution in [3.8, 4) is 0 Å². The molecule has 1 nitrogen and oxygen atoms in total. The van der Waals surface area contributed by atoms with Crippen LogP contribution in [0.5, 0.6) is 0 Å². The van der Waals surface area contributed by atoms with Crippen LogP contribution in [0.3, 0.4) is 0 Å². The molecule has 0 saturated heterocycles. The largest absolute Gasteiger partial charge is 0.314 e. The normalized spacial score (nSPS) is 24.6. The molecule has 2 rings (SSSR count). The Labute approximate surface area is 130 Å². The van der Waals surface area contributed by atoms with Crippen LogP contribution in [0.15, 0.2) is 22.7 Å². The fourth-order valence-electron chi connectivity index (χ4n) is 3.28. The Morgan fingerprint density at radius 3 is 2.60 bits per heavy atom. The summed E-state index contributed by atoms with van der Waals surface area (Å²) in [7, 11) is 0. The lowest BCUT2D eigenvalue weighted by atomic mass is 9.77. The van der Waals surface area contributed by atoms with Gasteiger partial charge in [-0.2, -0.15) is 0 Å². The lowest BCUT2D eigenvalue weighted by molar-refractivity contribution is 0.230. The second-order valence-corrected chi connectivity index (χ2v) is 6.98. The topological polar surface area (TPSA) is 12.0 Å². The van der Waals surface area contributed by atoms with E-state index in [0.717, 1.165) is 29.3 Å². The Balaban J connectivity index is 2.04. The van der Waals surface area contributed by atoms with E-state index in [1.807, 2.05) is 6.07 Å². The summed E-state index contributed by atoms with van der Waals surface area (Å²) in [6, 6.07) is 5.55. The quantitative estimate of drug-likeness (QED) is 0.800. The zero-order valence-electron chi connectivity index (χ0n) is 12.5. The van der Waals surface area contributed by atoms with Gasteiger partial charge in [0.2, 0.25) is 0 Å². The predicted molar refractivity (Wildman–Crippen MR) is 86.4 cm³/mol. The molecule has 20 heavy (non-hydrogen) atoms. The standard InChI is InChI=1S/C17H25BrFN/c1-3-20-17(13-6-4-12(2)5-7-13)10-14-8-9-15(19)11-16(14)18/h8-9,11-13,17,20H,3-7,10H2,1-2H3. The number of nitrogens with one attached hydrogen (secondary N) is 1. The highest BCUT2D eigenvalue weighted by atomic mass is 79.9. The third-order valence-electron chi connectivity index (χ3n) is 4.55. The average Bonchev–Trinajstić information content (AvgIpc) is 2.42. The van der Waals surface area contributed by atoms with Gasteiger partial charge in [0.15, 0.2) is 0 Å². The van der Waals surface area contributed by atoms with E-state index in [1.165, 1.54) is 31.2 Å². The summed E-state index contributed by atoms with van der Waals surface area (Å²) in [6.07, 6.45) is 6.30. The van der Waals surface area contributed by atoms with E-state index in [2.05, 4.69) is 35.1 Å². The van der Waals surface area contributed by atoms with Crippen LogP contribution in [-0.2, 0) is 6.42 Å². The van der Waals surface area contributed by atoms with Crippen LogP contribution in [0.4, 0.5) is 4.39 Å². The van der Waals surface area contributed by atoms with Crippen molar-refractivity contribution < 1.29 is 4.39 Å². The van der Waals surface area contributed by atoms with E-state index in [-0.39, 0.29) is 5.82 Å². The minimum atomic E-state index is -0.174. The Morgan fingerprint density at radius 2 is 2.00 bits per heavy atom. The fourth-order valence-corrected chi connectivity index (χ4v) is 3.79. The van der Waals surface area contributed by atoms with E-state index in [1.54, 1.807) is 12.1 Å². The van der Waals surface area contributed by atoms with Crippen molar-refractivity contribution in [2.75, 3.05) is 6.54 Å². The van der Waals surface area contributed by atoms with Gasteiger partial charge in [-0.15, -0.1) is 0 Å². The summed E-state index contributed by atoms with van der Waals surface area (Å²) in [5.74, 6) is 1.46. The van der Waals surface area contributed by atoms with Crippen LogP contribution in [0.1, 0.15) is 45.1 Å². The highest BCUT2D eigenvalue weighted by molar-refractivity contribution is 9.10. The third kappa shape index (κ3) is 4.29. The van der Waals surface area contributed by atoms with Crippen LogP contribution >= 0.6 is 15.9 Å². The van der Waals surface area contributed by atoms with Crippen LogP contribution in [0.2, 0.25) is 0 Å². The number of hydrogen-bond acceptors (Lipinski definition) is 1. The molecule has 0 radical (unpaired) electrons. The lowest BCUT2D eigenvalue weighted by Gasteiger charge is -2.33. The first kappa shape index (κ1) is 16.0. The highest BCUT2D eigenvalue weighted by Gasteiger charge is 2.26. The lowest BCUT2D eigenvalue weighted by Crippen LogP contribution is -2.39. The van der Waals surface area contributed by atoms with Gasteiger partial charge in [0.05, 0.1) is 0 Å². The first-order chi connectivity index (χ1) is 9.60. The first-order valence-corrected chi connectivity index (χ1v) is 8.56. The Bertz CT molecular complexity index is 427. The zero-order valence-corrected chi connectivity index (χ0v) is 14.0. The van der Waals surface area contributed by atoms with Gasteiger partial charge in [-0.05, 0) is 55.3 Å². The van der Waals surface area contributed by atoms with Crippen molar-refractivity contribution in [1.29, 1.82) is 0 Å². The molecule has 0 aromatic heterocycles. The molecule has 0 spiro atoms.